The van der Waals surface area contributed by atoms with Crippen molar-refractivity contribution in [2.75, 3.05) is 11.0 Å². The Bertz CT molecular complexity index is 806. The molecule has 7 nitrogen and oxygen atoms in total. The molecule has 2 rings (SSSR count). The molecule has 2 aromatic rings. The molecule has 0 atom stereocenters. The Labute approximate surface area is 107 Å². The maximum absolute atomic E-state index is 11.0. The zero-order valence-corrected chi connectivity index (χ0v) is 11.4. The van der Waals surface area contributed by atoms with E-state index in [4.69, 9.17) is 4.55 Å². The van der Waals surface area contributed by atoms with Crippen LogP contribution in [0.2, 0.25) is 0 Å². The Morgan fingerprint density at radius 1 is 1.28 bits per heavy atom. The van der Waals surface area contributed by atoms with Gasteiger partial charge in [0.2, 0.25) is 10.0 Å². The van der Waals surface area contributed by atoms with E-state index in [0.717, 1.165) is 17.6 Å². The molecule has 0 fully saturated rings. The van der Waals surface area contributed by atoms with Crippen LogP contribution in [0.3, 0.4) is 0 Å². The molecule has 0 aliphatic carbocycles. The van der Waals surface area contributed by atoms with Gasteiger partial charge in [0.15, 0.2) is 5.13 Å². The van der Waals surface area contributed by atoms with Gasteiger partial charge in [-0.05, 0) is 18.2 Å². The van der Waals surface area contributed by atoms with Crippen molar-refractivity contribution in [2.45, 2.75) is 4.90 Å². The smallest absolute Gasteiger partial charge is 0.282 e. The Hall–Kier alpha value is -1.23. The summed E-state index contributed by atoms with van der Waals surface area (Å²) in [6, 6.07) is 3.82. The molecule has 10 heteroatoms. The molecule has 2 N–H and O–H groups in total. The average Bonchev–Trinajstić information content (AvgIpc) is 2.53. The molecule has 0 aliphatic heterocycles. The number of sulfonamides is 1. The molecule has 0 aliphatic rings. The average molecular weight is 308 g/mol. The van der Waals surface area contributed by atoms with Crippen molar-refractivity contribution < 1.29 is 21.4 Å². The predicted molar refractivity (Wildman–Crippen MR) is 67.9 cm³/mol. The highest BCUT2D eigenvalue weighted by molar-refractivity contribution is 7.92. The first kappa shape index (κ1) is 13.2. The van der Waals surface area contributed by atoms with E-state index in [1.807, 2.05) is 0 Å². The van der Waals surface area contributed by atoms with Crippen LogP contribution in [0, 0.1) is 0 Å². The second-order valence-corrected chi connectivity index (χ2v) is 7.70. The molecule has 1 aromatic carbocycles. The number of aromatic nitrogens is 1. The lowest BCUT2D eigenvalue weighted by Gasteiger charge is -1.95. The van der Waals surface area contributed by atoms with Gasteiger partial charge in [-0.3, -0.25) is 9.27 Å². The van der Waals surface area contributed by atoms with Crippen molar-refractivity contribution in [1.29, 1.82) is 0 Å². The van der Waals surface area contributed by atoms with Crippen LogP contribution in [0.15, 0.2) is 23.1 Å². The zero-order valence-electron chi connectivity index (χ0n) is 8.98. The molecular weight excluding hydrogens is 300 g/mol. The van der Waals surface area contributed by atoms with Crippen LogP contribution in [0.4, 0.5) is 5.13 Å². The molecule has 18 heavy (non-hydrogen) atoms. The summed E-state index contributed by atoms with van der Waals surface area (Å²) >= 11 is 0.977. The van der Waals surface area contributed by atoms with Crippen molar-refractivity contribution in [2.24, 2.45) is 0 Å². The van der Waals surface area contributed by atoms with E-state index in [1.54, 1.807) is 0 Å². The molecule has 0 spiro atoms. The minimum absolute atomic E-state index is 0.139. The van der Waals surface area contributed by atoms with Crippen LogP contribution in [-0.4, -0.2) is 32.6 Å². The number of rotatable bonds is 3. The molecule has 0 unspecified atom stereocenters. The van der Waals surface area contributed by atoms with Crippen LogP contribution in [0.1, 0.15) is 0 Å². The second kappa shape index (κ2) is 4.16. The van der Waals surface area contributed by atoms with Crippen LogP contribution in [-0.2, 0) is 20.1 Å². The summed E-state index contributed by atoms with van der Waals surface area (Å²) in [5.74, 6) is 0. The summed E-state index contributed by atoms with van der Waals surface area (Å²) < 4.78 is 55.5. The Morgan fingerprint density at radius 2 is 1.94 bits per heavy atom. The van der Waals surface area contributed by atoms with Gasteiger partial charge in [0.25, 0.3) is 10.1 Å². The Kier molecular flexibility index (Phi) is 3.05. The normalized spacial score (nSPS) is 12.8. The van der Waals surface area contributed by atoms with Crippen LogP contribution in [0.5, 0.6) is 0 Å². The summed E-state index contributed by atoms with van der Waals surface area (Å²) in [7, 11) is -7.71. The first-order chi connectivity index (χ1) is 8.15. The third-order valence-corrected chi connectivity index (χ3v) is 4.41. The minimum Gasteiger partial charge on any atom is -0.282 e. The van der Waals surface area contributed by atoms with Gasteiger partial charge >= 0.3 is 0 Å². The third-order valence-electron chi connectivity index (χ3n) is 1.93. The van der Waals surface area contributed by atoms with E-state index in [2.05, 4.69) is 9.71 Å². The van der Waals surface area contributed by atoms with Gasteiger partial charge in [0.05, 0.1) is 21.4 Å². The van der Waals surface area contributed by atoms with Gasteiger partial charge in [-0.2, -0.15) is 8.42 Å². The molecule has 1 aromatic heterocycles. The number of nitrogens with one attached hydrogen (secondary N) is 1. The first-order valence-corrected chi connectivity index (χ1v) is 8.66. The highest BCUT2D eigenvalue weighted by atomic mass is 32.2. The van der Waals surface area contributed by atoms with Crippen molar-refractivity contribution in [3.63, 3.8) is 0 Å². The fourth-order valence-corrected chi connectivity index (χ4v) is 3.59. The predicted octanol–water partition coefficient (Wildman–Crippen LogP) is 0.915. The number of hydrogen-bond acceptors (Lipinski definition) is 6. The molecular formula is C8H8N2O5S3. The molecule has 0 amide bonds. The largest absolute Gasteiger partial charge is 0.294 e. The van der Waals surface area contributed by atoms with E-state index in [-0.39, 0.29) is 10.0 Å². The zero-order chi connectivity index (χ0) is 13.6. The van der Waals surface area contributed by atoms with Crippen molar-refractivity contribution in [3.05, 3.63) is 18.2 Å². The Morgan fingerprint density at radius 3 is 2.50 bits per heavy atom. The molecule has 0 bridgehead atoms. The second-order valence-electron chi connectivity index (χ2n) is 3.50. The topological polar surface area (TPSA) is 113 Å². The van der Waals surface area contributed by atoms with Gasteiger partial charge < -0.3 is 0 Å². The first-order valence-electron chi connectivity index (χ1n) is 4.51. The van der Waals surface area contributed by atoms with Gasteiger partial charge in [-0.25, -0.2) is 13.4 Å². The highest BCUT2D eigenvalue weighted by Crippen LogP contribution is 2.28. The summed E-state index contributed by atoms with van der Waals surface area (Å²) in [5.41, 5.74) is 0.443. The maximum Gasteiger partial charge on any atom is 0.294 e. The van der Waals surface area contributed by atoms with E-state index >= 15 is 0 Å². The maximum atomic E-state index is 11.0. The van der Waals surface area contributed by atoms with Crippen LogP contribution >= 0.6 is 11.3 Å². The number of benzene rings is 1. The SMILES string of the molecule is CS(=O)(=O)Nc1nc2ccc(S(=O)(=O)O)cc2s1. The van der Waals surface area contributed by atoms with E-state index in [9.17, 15) is 16.8 Å². The van der Waals surface area contributed by atoms with E-state index < -0.39 is 20.1 Å². The quantitative estimate of drug-likeness (QED) is 0.815. The minimum atomic E-state index is -4.28. The van der Waals surface area contributed by atoms with Crippen molar-refractivity contribution in [3.8, 4) is 0 Å². The lowest BCUT2D eigenvalue weighted by molar-refractivity contribution is 0.483. The van der Waals surface area contributed by atoms with E-state index in [0.29, 0.717) is 10.2 Å². The molecule has 0 saturated heterocycles. The van der Waals surface area contributed by atoms with E-state index in [1.165, 1.54) is 18.2 Å². The fourth-order valence-electron chi connectivity index (χ4n) is 1.27. The lowest BCUT2D eigenvalue weighted by atomic mass is 10.3. The van der Waals surface area contributed by atoms with Gasteiger partial charge in [0.1, 0.15) is 0 Å². The monoisotopic (exact) mass is 308 g/mol. The number of hydrogen-bond donors (Lipinski definition) is 2. The van der Waals surface area contributed by atoms with Gasteiger partial charge in [0, 0.05) is 0 Å². The molecule has 0 radical (unpaired) electrons. The Balaban J connectivity index is 2.53. The third kappa shape index (κ3) is 2.96. The van der Waals surface area contributed by atoms with Crippen molar-refractivity contribution in [1.82, 2.24) is 4.98 Å². The van der Waals surface area contributed by atoms with Crippen molar-refractivity contribution >= 4 is 46.8 Å². The summed E-state index contributed by atoms with van der Waals surface area (Å²) in [6.07, 6.45) is 0.989. The molecule has 98 valence electrons. The summed E-state index contributed by atoms with van der Waals surface area (Å²) in [4.78, 5) is 3.71. The number of anilines is 1. The van der Waals surface area contributed by atoms with Gasteiger partial charge in [-0.1, -0.05) is 11.3 Å². The molecule has 0 saturated carbocycles. The fraction of sp³-hybridized carbons (Fsp3) is 0.125. The lowest BCUT2D eigenvalue weighted by Crippen LogP contribution is -2.08. The number of nitrogens with zero attached hydrogens (tertiary/aromatic N) is 1. The highest BCUT2D eigenvalue weighted by Gasteiger charge is 2.13. The number of fused-ring (bicyclic) bond motifs is 1. The standard InChI is InChI=1S/C8H8N2O5S3/c1-17(11,12)10-8-9-6-3-2-5(18(13,14)15)4-7(6)16-8/h2-4H,1H3,(H,9,10)(H,13,14,15). The summed E-state index contributed by atoms with van der Waals surface area (Å²) in [6.45, 7) is 0. The van der Waals surface area contributed by atoms with Crippen LogP contribution < -0.4 is 4.72 Å². The van der Waals surface area contributed by atoms with Gasteiger partial charge in [-0.15, -0.1) is 0 Å². The molecule has 1 heterocycles. The summed E-state index contributed by atoms with van der Waals surface area (Å²) in [5, 5.41) is 0.139. The van der Waals surface area contributed by atoms with Crippen LogP contribution in [0.25, 0.3) is 10.2 Å². The number of thiazole rings is 1.